The molecule has 0 heterocycles. The first-order valence-corrected chi connectivity index (χ1v) is 10.3. The molecule has 32 heavy (non-hydrogen) atoms. The average molecular weight is 438 g/mol. The number of hydrogen-bond acceptors (Lipinski definition) is 2. The van der Waals surface area contributed by atoms with Crippen LogP contribution in [0.15, 0.2) is 89.9 Å². The Morgan fingerprint density at radius 1 is 0.969 bits per heavy atom. The fourth-order valence-corrected chi connectivity index (χ4v) is 3.45. The molecule has 0 spiro atoms. The molecule has 0 fully saturated rings. The van der Waals surface area contributed by atoms with Crippen LogP contribution in [-0.2, 0) is 12.7 Å². The maximum atomic E-state index is 13.4. The highest BCUT2D eigenvalue weighted by Gasteiger charge is 2.32. The smallest absolute Gasteiger partial charge is 0.398 e. The van der Waals surface area contributed by atoms with Gasteiger partial charge in [0.2, 0.25) is 0 Å². The second-order valence-corrected chi connectivity index (χ2v) is 7.56. The Morgan fingerprint density at radius 2 is 1.59 bits per heavy atom. The van der Waals surface area contributed by atoms with E-state index in [4.69, 9.17) is 5.73 Å². The van der Waals surface area contributed by atoms with Crippen LogP contribution in [0, 0.1) is 0 Å². The predicted octanol–water partition coefficient (Wildman–Crippen LogP) is 6.32. The Hall–Kier alpha value is -3.54. The quantitative estimate of drug-likeness (QED) is 0.269. The van der Waals surface area contributed by atoms with Crippen molar-refractivity contribution in [3.8, 4) is 0 Å². The lowest BCUT2D eigenvalue weighted by Crippen LogP contribution is -2.33. The number of hydrogen-bond donors (Lipinski definition) is 2. The van der Waals surface area contributed by atoms with Gasteiger partial charge < -0.3 is 11.1 Å². The number of aliphatic imine (C=N–C) groups is 1. The molecule has 3 nitrogen and oxygen atoms in total. The Morgan fingerprint density at radius 3 is 2.28 bits per heavy atom. The number of nitrogen functional groups attached to an aromatic ring is 1. The van der Waals surface area contributed by atoms with Crippen LogP contribution in [0.5, 0.6) is 0 Å². The lowest BCUT2D eigenvalue weighted by Gasteiger charge is -2.18. The zero-order valence-corrected chi connectivity index (χ0v) is 18.0. The van der Waals surface area contributed by atoms with Gasteiger partial charge in [0.1, 0.15) is 5.84 Å². The SMILES string of the molecule is C/C(=C\C(C)NC(=NCc1ccccc1C(F)(F)F)c1ccccc1N)c1ccccc1. The molecule has 0 radical (unpaired) electrons. The standard InChI is InChI=1S/C26H26F3N3/c1-18(20-10-4-3-5-11-20)16-19(2)32-25(22-13-7-9-15-24(22)30)31-17-21-12-6-8-14-23(21)26(27,28)29/h3-16,19H,17,30H2,1-2H3,(H,31,32)/b18-16+. The van der Waals surface area contributed by atoms with Gasteiger partial charge in [0.25, 0.3) is 0 Å². The molecule has 6 heteroatoms. The van der Waals surface area contributed by atoms with Crippen molar-refractivity contribution in [1.82, 2.24) is 5.32 Å². The molecule has 0 aromatic heterocycles. The summed E-state index contributed by atoms with van der Waals surface area (Å²) in [4.78, 5) is 4.52. The summed E-state index contributed by atoms with van der Waals surface area (Å²) in [6, 6.07) is 22.5. The first kappa shape index (κ1) is 23.1. The summed E-state index contributed by atoms with van der Waals surface area (Å²) in [5.74, 6) is 0.449. The molecular weight excluding hydrogens is 411 g/mol. The van der Waals surface area contributed by atoms with E-state index in [1.54, 1.807) is 24.3 Å². The van der Waals surface area contributed by atoms with Crippen LogP contribution in [0.4, 0.5) is 18.9 Å². The monoisotopic (exact) mass is 437 g/mol. The summed E-state index contributed by atoms with van der Waals surface area (Å²) in [7, 11) is 0. The molecule has 3 aromatic carbocycles. The summed E-state index contributed by atoms with van der Waals surface area (Å²) in [6.07, 6.45) is -2.39. The minimum Gasteiger partial charge on any atom is -0.398 e. The Balaban J connectivity index is 1.91. The van der Waals surface area contributed by atoms with E-state index in [9.17, 15) is 13.2 Å². The van der Waals surface area contributed by atoms with Crippen molar-refractivity contribution in [1.29, 1.82) is 0 Å². The van der Waals surface area contributed by atoms with Crippen LogP contribution in [0.2, 0.25) is 0 Å². The molecule has 0 aliphatic rings. The van der Waals surface area contributed by atoms with Crippen molar-refractivity contribution in [3.63, 3.8) is 0 Å². The third-order valence-electron chi connectivity index (χ3n) is 5.04. The summed E-state index contributed by atoms with van der Waals surface area (Å²) < 4.78 is 40.1. The molecule has 0 saturated heterocycles. The van der Waals surface area contributed by atoms with Gasteiger partial charge in [-0.15, -0.1) is 0 Å². The number of amidine groups is 1. The zero-order chi connectivity index (χ0) is 23.1. The van der Waals surface area contributed by atoms with Gasteiger partial charge in [-0.05, 0) is 48.7 Å². The van der Waals surface area contributed by atoms with Crippen molar-refractivity contribution in [2.75, 3.05) is 5.73 Å². The molecule has 0 aliphatic heterocycles. The molecule has 3 rings (SSSR count). The molecule has 0 amide bonds. The zero-order valence-electron chi connectivity index (χ0n) is 18.0. The molecule has 0 saturated carbocycles. The van der Waals surface area contributed by atoms with Crippen molar-refractivity contribution in [3.05, 3.63) is 107 Å². The molecule has 3 aromatic rings. The highest BCUT2D eigenvalue weighted by Crippen LogP contribution is 2.32. The number of anilines is 1. The maximum Gasteiger partial charge on any atom is 0.416 e. The van der Waals surface area contributed by atoms with Crippen LogP contribution in [0.3, 0.4) is 0 Å². The fraction of sp³-hybridized carbons (Fsp3) is 0.192. The predicted molar refractivity (Wildman–Crippen MR) is 125 cm³/mol. The van der Waals surface area contributed by atoms with E-state index in [1.165, 1.54) is 12.1 Å². The first-order chi connectivity index (χ1) is 15.3. The Bertz CT molecular complexity index is 1100. The van der Waals surface area contributed by atoms with E-state index in [1.807, 2.05) is 56.3 Å². The van der Waals surface area contributed by atoms with Crippen LogP contribution in [-0.4, -0.2) is 11.9 Å². The number of halogens is 3. The van der Waals surface area contributed by atoms with E-state index in [2.05, 4.69) is 10.3 Å². The maximum absolute atomic E-state index is 13.4. The van der Waals surface area contributed by atoms with Crippen molar-refractivity contribution in [2.24, 2.45) is 4.99 Å². The molecule has 0 bridgehead atoms. The molecule has 1 unspecified atom stereocenters. The van der Waals surface area contributed by atoms with Gasteiger partial charge in [-0.25, -0.2) is 0 Å². The van der Waals surface area contributed by atoms with Gasteiger partial charge >= 0.3 is 6.18 Å². The topological polar surface area (TPSA) is 50.4 Å². The summed E-state index contributed by atoms with van der Waals surface area (Å²) >= 11 is 0. The lowest BCUT2D eigenvalue weighted by atomic mass is 10.0. The van der Waals surface area contributed by atoms with Crippen LogP contribution in [0.25, 0.3) is 5.57 Å². The van der Waals surface area contributed by atoms with E-state index >= 15 is 0 Å². The van der Waals surface area contributed by atoms with Crippen molar-refractivity contribution >= 4 is 17.1 Å². The van der Waals surface area contributed by atoms with Crippen LogP contribution in [0.1, 0.15) is 36.1 Å². The minimum absolute atomic E-state index is 0.109. The molecular formula is C26H26F3N3. The summed E-state index contributed by atoms with van der Waals surface area (Å²) in [5.41, 5.74) is 8.89. The number of nitrogens with one attached hydrogen (secondary N) is 1. The lowest BCUT2D eigenvalue weighted by molar-refractivity contribution is -0.138. The number of rotatable bonds is 6. The molecule has 1 atom stereocenters. The Labute approximate surface area is 186 Å². The number of nitrogens with two attached hydrogens (primary N) is 1. The van der Waals surface area contributed by atoms with Crippen LogP contribution < -0.4 is 11.1 Å². The van der Waals surface area contributed by atoms with Gasteiger partial charge in [-0.2, -0.15) is 13.2 Å². The minimum atomic E-state index is -4.44. The van der Waals surface area contributed by atoms with Gasteiger partial charge in [-0.1, -0.05) is 66.7 Å². The normalized spacial score (nSPS) is 13.7. The largest absolute Gasteiger partial charge is 0.416 e. The average Bonchev–Trinajstić information content (AvgIpc) is 2.77. The van der Waals surface area contributed by atoms with E-state index < -0.39 is 11.7 Å². The summed E-state index contributed by atoms with van der Waals surface area (Å²) in [6.45, 7) is 3.85. The third kappa shape index (κ3) is 6.00. The van der Waals surface area contributed by atoms with Crippen LogP contribution >= 0.6 is 0 Å². The van der Waals surface area contributed by atoms with Gasteiger partial charge in [0.05, 0.1) is 12.1 Å². The second-order valence-electron chi connectivity index (χ2n) is 7.56. The molecule has 0 aliphatic carbocycles. The fourth-order valence-electron chi connectivity index (χ4n) is 3.45. The van der Waals surface area contributed by atoms with E-state index in [0.717, 1.165) is 17.2 Å². The van der Waals surface area contributed by atoms with Crippen molar-refractivity contribution < 1.29 is 13.2 Å². The number of benzene rings is 3. The molecule has 166 valence electrons. The first-order valence-electron chi connectivity index (χ1n) is 10.3. The number of alkyl halides is 3. The highest BCUT2D eigenvalue weighted by atomic mass is 19.4. The number of allylic oxidation sites excluding steroid dienone is 1. The summed E-state index contributed by atoms with van der Waals surface area (Å²) in [5, 5.41) is 3.32. The number of para-hydroxylation sites is 1. The number of nitrogens with zero attached hydrogens (tertiary/aromatic N) is 1. The van der Waals surface area contributed by atoms with Gasteiger partial charge in [0, 0.05) is 17.3 Å². The highest BCUT2D eigenvalue weighted by molar-refractivity contribution is 6.03. The second kappa shape index (κ2) is 10.2. The van der Waals surface area contributed by atoms with Crippen molar-refractivity contribution in [2.45, 2.75) is 32.6 Å². The third-order valence-corrected chi connectivity index (χ3v) is 5.04. The van der Waals surface area contributed by atoms with Gasteiger partial charge in [-0.3, -0.25) is 4.99 Å². The van der Waals surface area contributed by atoms with Gasteiger partial charge in [0.15, 0.2) is 0 Å². The Kier molecular flexibility index (Phi) is 7.36. The van der Waals surface area contributed by atoms with E-state index in [-0.39, 0.29) is 18.2 Å². The molecule has 3 N–H and O–H groups in total. The van der Waals surface area contributed by atoms with E-state index in [0.29, 0.717) is 17.1 Å².